The molecule has 0 radical (unpaired) electrons. The molecule has 3 aliphatic rings. The Morgan fingerprint density at radius 3 is 2.50 bits per heavy atom. The average Bonchev–Trinajstić information content (AvgIpc) is 3.42. The van der Waals surface area contributed by atoms with Gasteiger partial charge >= 0.3 is 0 Å². The molecule has 2 saturated heterocycles. The molecule has 2 atom stereocenters. The lowest BCUT2D eigenvalue weighted by molar-refractivity contribution is 0.236. The summed E-state index contributed by atoms with van der Waals surface area (Å²) in [5.41, 5.74) is 3.04. The molecule has 1 spiro atoms. The van der Waals surface area contributed by atoms with Crippen molar-refractivity contribution in [2.75, 3.05) is 32.7 Å². The van der Waals surface area contributed by atoms with Crippen LogP contribution in [0, 0.1) is 5.92 Å². The van der Waals surface area contributed by atoms with Crippen LogP contribution < -0.4 is 5.32 Å². The second kappa shape index (κ2) is 11.0. The molecule has 1 N–H and O–H groups in total. The minimum absolute atomic E-state index is 0. The molecule has 3 aliphatic heterocycles. The first-order valence-corrected chi connectivity index (χ1v) is 12.2. The minimum atomic E-state index is 0. The van der Waals surface area contributed by atoms with E-state index in [0.29, 0.717) is 0 Å². The van der Waals surface area contributed by atoms with Crippen LogP contribution in [0.3, 0.4) is 0 Å². The third kappa shape index (κ3) is 5.84. The van der Waals surface area contributed by atoms with Crippen LogP contribution in [0.25, 0.3) is 0 Å². The van der Waals surface area contributed by atoms with Gasteiger partial charge in [0, 0.05) is 32.7 Å². The Balaban J connectivity index is 0.00000245. The van der Waals surface area contributed by atoms with Gasteiger partial charge in [0.1, 0.15) is 0 Å². The maximum Gasteiger partial charge on any atom is 0.194 e. The molecule has 2 aromatic rings. The largest absolute Gasteiger partial charge is 0.348 e. The van der Waals surface area contributed by atoms with Gasteiger partial charge in [0.15, 0.2) is 5.96 Å². The number of halogens is 1. The number of hydrogen-bond donors (Lipinski definition) is 1. The van der Waals surface area contributed by atoms with Gasteiger partial charge in [-0.15, -0.1) is 24.0 Å². The molecule has 4 nitrogen and oxygen atoms in total. The van der Waals surface area contributed by atoms with E-state index in [1.165, 1.54) is 62.2 Å². The Labute approximate surface area is 210 Å². The smallest absolute Gasteiger partial charge is 0.194 e. The van der Waals surface area contributed by atoms with E-state index in [1.807, 2.05) is 0 Å². The van der Waals surface area contributed by atoms with Crippen molar-refractivity contribution in [1.82, 2.24) is 15.1 Å². The number of nitrogens with one attached hydrogen (secondary N) is 1. The third-order valence-electron chi connectivity index (χ3n) is 7.33. The summed E-state index contributed by atoms with van der Waals surface area (Å²) >= 11 is 0. The molecule has 0 saturated carbocycles. The predicted molar refractivity (Wildman–Crippen MR) is 144 cm³/mol. The van der Waals surface area contributed by atoms with Gasteiger partial charge in [0.05, 0.1) is 12.1 Å². The number of rotatable bonds is 6. The summed E-state index contributed by atoms with van der Waals surface area (Å²) in [4.78, 5) is 10.1. The van der Waals surface area contributed by atoms with Gasteiger partial charge in [0.25, 0.3) is 0 Å². The molecule has 2 unspecified atom stereocenters. The van der Waals surface area contributed by atoms with Crippen molar-refractivity contribution in [3.8, 4) is 0 Å². The first kappa shape index (κ1) is 23.6. The number of nitrogens with zero attached hydrogens (tertiary/aromatic N) is 3. The zero-order valence-electron chi connectivity index (χ0n) is 19.1. The van der Waals surface area contributed by atoms with Crippen LogP contribution in [0.15, 0.2) is 65.7 Å². The molecule has 0 amide bonds. The lowest BCUT2D eigenvalue weighted by atomic mass is 9.92. The quantitative estimate of drug-likeness (QED) is 0.523. The molecule has 0 aliphatic carbocycles. The number of aryl methyl sites for hydroxylation is 1. The Kier molecular flexibility index (Phi) is 8.11. The van der Waals surface area contributed by atoms with E-state index in [4.69, 9.17) is 4.99 Å². The maximum absolute atomic E-state index is 5.00. The summed E-state index contributed by atoms with van der Waals surface area (Å²) in [6, 6.07) is 21.8. The van der Waals surface area contributed by atoms with Crippen LogP contribution in [0.5, 0.6) is 0 Å². The number of likely N-dealkylation sites (tertiary alicyclic amines) is 2. The van der Waals surface area contributed by atoms with Crippen LogP contribution in [0.1, 0.15) is 43.2 Å². The highest BCUT2D eigenvalue weighted by Gasteiger charge is 2.43. The van der Waals surface area contributed by atoms with Gasteiger partial charge < -0.3 is 10.2 Å². The van der Waals surface area contributed by atoms with Crippen molar-refractivity contribution < 1.29 is 0 Å². The highest BCUT2D eigenvalue weighted by molar-refractivity contribution is 14.0. The van der Waals surface area contributed by atoms with E-state index in [0.717, 1.165) is 38.6 Å². The van der Waals surface area contributed by atoms with E-state index in [-0.39, 0.29) is 29.5 Å². The molecule has 5 heteroatoms. The summed E-state index contributed by atoms with van der Waals surface area (Å²) in [7, 11) is 0. The summed E-state index contributed by atoms with van der Waals surface area (Å²) in [6.45, 7) is 6.57. The molecule has 2 fully saturated rings. The number of piperidine rings is 1. The van der Waals surface area contributed by atoms with E-state index in [1.54, 1.807) is 0 Å². The lowest BCUT2D eigenvalue weighted by Crippen LogP contribution is -2.53. The first-order chi connectivity index (χ1) is 15.3. The molecular weight excluding hydrogens is 507 g/mol. The number of guanidine groups is 1. The van der Waals surface area contributed by atoms with Crippen molar-refractivity contribution in [1.29, 1.82) is 0 Å². The zero-order valence-corrected chi connectivity index (χ0v) is 21.4. The highest BCUT2D eigenvalue weighted by Crippen LogP contribution is 2.29. The van der Waals surface area contributed by atoms with Crippen LogP contribution in [-0.2, 0) is 13.0 Å². The van der Waals surface area contributed by atoms with E-state index in [2.05, 4.69) is 75.8 Å². The van der Waals surface area contributed by atoms with Gasteiger partial charge in [-0.05, 0) is 55.6 Å². The van der Waals surface area contributed by atoms with Gasteiger partial charge in [-0.2, -0.15) is 0 Å². The summed E-state index contributed by atoms with van der Waals surface area (Å²) in [5.74, 6) is 1.98. The third-order valence-corrected chi connectivity index (χ3v) is 7.33. The number of hydrogen-bond acceptors (Lipinski definition) is 4. The summed E-state index contributed by atoms with van der Waals surface area (Å²) in [5, 5.41) is 3.89. The van der Waals surface area contributed by atoms with Crippen LogP contribution in [0.2, 0.25) is 0 Å². The summed E-state index contributed by atoms with van der Waals surface area (Å²) in [6.07, 6.45) is 7.69. The molecule has 32 heavy (non-hydrogen) atoms. The number of aliphatic imine (C=N–C) groups is 1. The normalized spacial score (nSPS) is 25.4. The average molecular weight is 545 g/mol. The van der Waals surface area contributed by atoms with E-state index < -0.39 is 0 Å². The molecule has 0 aromatic heterocycles. The Morgan fingerprint density at radius 2 is 1.72 bits per heavy atom. The molecule has 0 bridgehead atoms. The SMILES string of the molecule is I.c1ccc(CCCC2CCCN(C3=NCC4(CCN(Cc5ccccc5)C4)N3)C2)cc1. The second-order valence-electron chi connectivity index (χ2n) is 9.82. The maximum atomic E-state index is 5.00. The standard InChI is InChI=1S/C27H36N4.HI/c1-3-9-23(10-4-1)13-7-14-25-15-8-17-31(20-25)26-28-21-27(29-26)16-18-30(22-27)19-24-11-5-2-6-12-24;/h1-6,9-12,25H,7-8,13-22H2,(H,28,29);1H. The molecule has 172 valence electrons. The van der Waals surface area contributed by atoms with Crippen LogP contribution >= 0.6 is 24.0 Å². The number of benzene rings is 2. The fourth-order valence-electron chi connectivity index (χ4n) is 5.62. The molecule has 2 aromatic carbocycles. The van der Waals surface area contributed by atoms with Gasteiger partial charge in [-0.3, -0.25) is 9.89 Å². The Hall–Kier alpha value is -1.60. The van der Waals surface area contributed by atoms with E-state index >= 15 is 0 Å². The van der Waals surface area contributed by atoms with Gasteiger partial charge in [-0.1, -0.05) is 60.7 Å². The van der Waals surface area contributed by atoms with Crippen molar-refractivity contribution in [3.05, 3.63) is 71.8 Å². The van der Waals surface area contributed by atoms with Crippen LogP contribution in [0.4, 0.5) is 0 Å². The fourth-order valence-corrected chi connectivity index (χ4v) is 5.62. The van der Waals surface area contributed by atoms with Crippen LogP contribution in [-0.4, -0.2) is 54.0 Å². The highest BCUT2D eigenvalue weighted by atomic mass is 127. The monoisotopic (exact) mass is 544 g/mol. The van der Waals surface area contributed by atoms with Crippen molar-refractivity contribution in [3.63, 3.8) is 0 Å². The van der Waals surface area contributed by atoms with Gasteiger partial charge in [-0.25, -0.2) is 0 Å². The topological polar surface area (TPSA) is 30.9 Å². The molecule has 5 rings (SSSR count). The Morgan fingerprint density at radius 1 is 0.969 bits per heavy atom. The van der Waals surface area contributed by atoms with Gasteiger partial charge in [0.2, 0.25) is 0 Å². The minimum Gasteiger partial charge on any atom is -0.348 e. The first-order valence-electron chi connectivity index (χ1n) is 12.2. The summed E-state index contributed by atoms with van der Waals surface area (Å²) < 4.78 is 0. The van der Waals surface area contributed by atoms with Crippen molar-refractivity contribution in [2.45, 2.75) is 50.6 Å². The Bertz CT molecular complexity index is 872. The van der Waals surface area contributed by atoms with E-state index in [9.17, 15) is 0 Å². The fraction of sp³-hybridized carbons (Fsp3) is 0.519. The van der Waals surface area contributed by atoms with Crippen molar-refractivity contribution in [2.24, 2.45) is 10.9 Å². The molecule has 3 heterocycles. The van der Waals surface area contributed by atoms with Crippen molar-refractivity contribution >= 4 is 29.9 Å². The predicted octanol–water partition coefficient (Wildman–Crippen LogP) is 4.94. The zero-order chi connectivity index (χ0) is 20.9. The lowest BCUT2D eigenvalue weighted by Gasteiger charge is -2.35. The second-order valence-corrected chi connectivity index (χ2v) is 9.82. The molecular formula is C27H37IN4.